The van der Waals surface area contributed by atoms with Gasteiger partial charge in [-0.15, -0.1) is 23.5 Å². The summed E-state index contributed by atoms with van der Waals surface area (Å²) in [5.74, 6) is 0.386. The van der Waals surface area contributed by atoms with E-state index >= 15 is 0 Å². The molecule has 4 rings (SSSR count). The summed E-state index contributed by atoms with van der Waals surface area (Å²) in [5, 5.41) is 0. The van der Waals surface area contributed by atoms with Crippen LogP contribution in [0.5, 0.6) is 0 Å². The lowest BCUT2D eigenvalue weighted by Crippen LogP contribution is -2.49. The molecule has 0 saturated carbocycles. The van der Waals surface area contributed by atoms with Gasteiger partial charge in [0.1, 0.15) is 30.5 Å². The quantitative estimate of drug-likeness (QED) is 0.689. The molecule has 4 aliphatic rings. The highest BCUT2D eigenvalue weighted by Crippen LogP contribution is 2.46. The van der Waals surface area contributed by atoms with Gasteiger partial charge in [-0.2, -0.15) is 0 Å². The molecule has 6 nitrogen and oxygen atoms in total. The first-order chi connectivity index (χ1) is 12.6. The molecule has 0 unspecified atom stereocenters. The molecule has 0 aromatic heterocycles. The van der Waals surface area contributed by atoms with Gasteiger partial charge in [-0.3, -0.25) is 0 Å². The van der Waals surface area contributed by atoms with Gasteiger partial charge in [0.05, 0.1) is 11.2 Å². The first kappa shape index (κ1) is 20.7. The third-order valence-electron chi connectivity index (χ3n) is 5.17. The van der Waals surface area contributed by atoms with Crippen LogP contribution in [0.2, 0.25) is 0 Å². The maximum Gasteiger partial charge on any atom is 0.164 e. The maximum absolute atomic E-state index is 6.38. The smallest absolute Gasteiger partial charge is 0.164 e. The molecule has 0 aromatic rings. The molecule has 4 heterocycles. The lowest BCUT2D eigenvalue weighted by Gasteiger charge is -2.32. The molecule has 27 heavy (non-hydrogen) atoms. The Labute approximate surface area is 170 Å². The normalized spacial score (nSPS) is 44.0. The second-order valence-electron chi connectivity index (χ2n) is 8.96. The fourth-order valence-corrected chi connectivity index (χ4v) is 7.25. The van der Waals surface area contributed by atoms with Crippen LogP contribution in [0.25, 0.3) is 0 Å². The molecule has 5 atom stereocenters. The Hall–Kier alpha value is 0.460. The van der Waals surface area contributed by atoms with Crippen molar-refractivity contribution >= 4 is 23.5 Å². The van der Waals surface area contributed by atoms with Crippen molar-refractivity contribution in [3.63, 3.8) is 0 Å². The molecule has 0 aliphatic carbocycles. The predicted octanol–water partition coefficient (Wildman–Crippen LogP) is 3.37. The van der Waals surface area contributed by atoms with Crippen LogP contribution in [0.4, 0.5) is 0 Å². The second-order valence-corrected chi connectivity index (χ2v) is 11.8. The van der Waals surface area contributed by atoms with E-state index in [1.165, 1.54) is 6.42 Å². The summed E-state index contributed by atoms with van der Waals surface area (Å²) in [7, 11) is 0. The van der Waals surface area contributed by atoms with Crippen molar-refractivity contribution in [2.75, 3.05) is 18.1 Å². The minimum absolute atomic E-state index is 0.0457. The molecule has 0 bridgehead atoms. The van der Waals surface area contributed by atoms with Crippen molar-refractivity contribution in [1.82, 2.24) is 0 Å². The first-order valence-corrected chi connectivity index (χ1v) is 11.9. The highest BCUT2D eigenvalue weighted by atomic mass is 32.2. The Balaban J connectivity index is 1.57. The molecule has 156 valence electrons. The van der Waals surface area contributed by atoms with E-state index < -0.39 is 17.4 Å². The lowest BCUT2D eigenvalue weighted by molar-refractivity contribution is -0.178. The zero-order chi connectivity index (χ0) is 19.4. The van der Waals surface area contributed by atoms with Crippen LogP contribution in [0.1, 0.15) is 48.0 Å². The van der Waals surface area contributed by atoms with E-state index in [4.69, 9.17) is 28.4 Å². The van der Waals surface area contributed by atoms with E-state index in [0.29, 0.717) is 11.2 Å². The van der Waals surface area contributed by atoms with Gasteiger partial charge < -0.3 is 28.4 Å². The van der Waals surface area contributed by atoms with Gasteiger partial charge in [0.15, 0.2) is 17.4 Å². The summed E-state index contributed by atoms with van der Waals surface area (Å²) in [6, 6.07) is 0. The van der Waals surface area contributed by atoms with Gasteiger partial charge in [0, 0.05) is 0 Å². The van der Waals surface area contributed by atoms with E-state index in [0.717, 1.165) is 11.5 Å². The Morgan fingerprint density at radius 3 is 1.70 bits per heavy atom. The van der Waals surface area contributed by atoms with Crippen LogP contribution < -0.4 is 0 Å². The van der Waals surface area contributed by atoms with Crippen molar-refractivity contribution < 1.29 is 28.4 Å². The number of thioether (sulfide) groups is 2. The second kappa shape index (κ2) is 7.30. The molecule has 4 fully saturated rings. The van der Waals surface area contributed by atoms with Gasteiger partial charge in [-0.05, 0) is 59.5 Å². The van der Waals surface area contributed by atoms with Crippen molar-refractivity contribution in [1.29, 1.82) is 0 Å². The topological polar surface area (TPSA) is 55.4 Å². The molecular formula is C19H32O6S2. The standard InChI is InChI=1S/C19H32O6S2/c1-17(2)20-10-11(21-17)12-13(23-18(3,4)22-12)14-15(25-19(5,6)24-14)16-26-8-7-9-27-16/h11-16H,7-10H2,1-6H3/t11-,12-,13+,14-,15+/m1/s1. The lowest BCUT2D eigenvalue weighted by atomic mass is 10.00. The molecule has 0 amide bonds. The largest absolute Gasteiger partial charge is 0.348 e. The molecule has 4 aliphatic heterocycles. The van der Waals surface area contributed by atoms with Crippen molar-refractivity contribution in [2.24, 2.45) is 0 Å². The Morgan fingerprint density at radius 1 is 0.630 bits per heavy atom. The molecule has 0 aromatic carbocycles. The summed E-state index contributed by atoms with van der Waals surface area (Å²) in [6.45, 7) is 12.2. The van der Waals surface area contributed by atoms with Gasteiger partial charge in [-0.1, -0.05) is 0 Å². The van der Waals surface area contributed by atoms with Crippen LogP contribution in [0.15, 0.2) is 0 Å². The maximum atomic E-state index is 6.38. The molecule has 0 spiro atoms. The van der Waals surface area contributed by atoms with Crippen LogP contribution in [0.3, 0.4) is 0 Å². The van der Waals surface area contributed by atoms with Gasteiger partial charge in [0.2, 0.25) is 0 Å². The number of rotatable bonds is 3. The summed E-state index contributed by atoms with van der Waals surface area (Å²) in [6.07, 6.45) is 0.279. The van der Waals surface area contributed by atoms with Crippen molar-refractivity contribution in [3.8, 4) is 0 Å². The molecule has 0 radical (unpaired) electrons. The van der Waals surface area contributed by atoms with E-state index in [-0.39, 0.29) is 30.5 Å². The van der Waals surface area contributed by atoms with Crippen molar-refractivity contribution in [3.05, 3.63) is 0 Å². The first-order valence-electron chi connectivity index (χ1n) is 9.82. The zero-order valence-corrected chi connectivity index (χ0v) is 18.7. The number of hydrogen-bond donors (Lipinski definition) is 0. The average Bonchev–Trinajstić information content (AvgIpc) is 3.20. The third-order valence-corrected chi connectivity index (χ3v) is 8.23. The highest BCUT2D eigenvalue weighted by Gasteiger charge is 2.58. The summed E-state index contributed by atoms with van der Waals surface area (Å²) >= 11 is 3.93. The van der Waals surface area contributed by atoms with Crippen LogP contribution >= 0.6 is 23.5 Å². The minimum Gasteiger partial charge on any atom is -0.348 e. The summed E-state index contributed by atoms with van der Waals surface area (Å²) in [5.41, 5.74) is 0. The molecule has 0 N–H and O–H groups in total. The van der Waals surface area contributed by atoms with Crippen molar-refractivity contribution in [2.45, 2.75) is 100 Å². The Kier molecular flexibility index (Phi) is 5.61. The Bertz CT molecular complexity index is 548. The van der Waals surface area contributed by atoms with Gasteiger partial charge >= 0.3 is 0 Å². The molecule has 8 heteroatoms. The van der Waals surface area contributed by atoms with Gasteiger partial charge in [0.25, 0.3) is 0 Å². The minimum atomic E-state index is -0.696. The van der Waals surface area contributed by atoms with Crippen LogP contribution in [0, 0.1) is 0 Å². The Morgan fingerprint density at radius 2 is 1.15 bits per heavy atom. The monoisotopic (exact) mass is 420 g/mol. The predicted molar refractivity (Wildman–Crippen MR) is 106 cm³/mol. The van der Waals surface area contributed by atoms with E-state index in [2.05, 4.69) is 0 Å². The summed E-state index contributed by atoms with van der Waals surface area (Å²) < 4.78 is 37.6. The van der Waals surface area contributed by atoms with Gasteiger partial charge in [-0.25, -0.2) is 0 Å². The fourth-order valence-electron chi connectivity index (χ4n) is 4.21. The summed E-state index contributed by atoms with van der Waals surface area (Å²) in [4.78, 5) is 0. The molecular weight excluding hydrogens is 388 g/mol. The van der Waals surface area contributed by atoms with Crippen LogP contribution in [-0.4, -0.2) is 70.6 Å². The number of hydrogen-bond acceptors (Lipinski definition) is 8. The highest BCUT2D eigenvalue weighted by molar-refractivity contribution is 8.17. The van der Waals surface area contributed by atoms with Crippen LogP contribution in [-0.2, 0) is 28.4 Å². The third kappa shape index (κ3) is 4.48. The number of ether oxygens (including phenoxy) is 6. The SMILES string of the molecule is CC1(C)O[C@H]([C@H]2OC(C)(C)O[C@@H]2C2SCCCS2)[C@@H]([C@H]2COC(C)(C)O2)O1. The fraction of sp³-hybridized carbons (Fsp3) is 1.00. The molecule has 4 saturated heterocycles. The zero-order valence-electron chi connectivity index (χ0n) is 17.1. The van der Waals surface area contributed by atoms with E-state index in [1.807, 2.05) is 65.1 Å². The average molecular weight is 421 g/mol. The van der Waals surface area contributed by atoms with E-state index in [1.54, 1.807) is 0 Å². The van der Waals surface area contributed by atoms with E-state index in [9.17, 15) is 0 Å².